The van der Waals surface area contributed by atoms with E-state index in [-0.39, 0.29) is 6.04 Å². The largest absolute Gasteiger partial charge is 0.497 e. The van der Waals surface area contributed by atoms with Crippen LogP contribution in [0.3, 0.4) is 0 Å². The van der Waals surface area contributed by atoms with E-state index in [2.05, 4.69) is 18.3 Å². The molecule has 0 bridgehead atoms. The minimum atomic E-state index is 0.259. The topological polar surface area (TPSA) is 39.7 Å². The van der Waals surface area contributed by atoms with Crippen LogP contribution in [0.2, 0.25) is 0 Å². The van der Waals surface area contributed by atoms with Crippen molar-refractivity contribution in [2.75, 3.05) is 21.3 Å². The third-order valence-corrected chi connectivity index (χ3v) is 4.40. The van der Waals surface area contributed by atoms with Crippen LogP contribution in [0.1, 0.15) is 44.2 Å². The van der Waals surface area contributed by atoms with Gasteiger partial charge in [-0.05, 0) is 38.7 Å². The summed E-state index contributed by atoms with van der Waals surface area (Å²) in [6.07, 6.45) is 5.05. The first kappa shape index (κ1) is 16.1. The maximum absolute atomic E-state index is 5.49. The second kappa shape index (κ2) is 7.66. The predicted molar refractivity (Wildman–Crippen MR) is 84.1 cm³/mol. The van der Waals surface area contributed by atoms with Crippen molar-refractivity contribution in [3.8, 4) is 11.5 Å². The first-order valence-electron chi connectivity index (χ1n) is 7.68. The van der Waals surface area contributed by atoms with E-state index in [0.29, 0.717) is 12.1 Å². The predicted octanol–water partition coefficient (Wildman–Crippen LogP) is 3.31. The fourth-order valence-electron chi connectivity index (χ4n) is 3.08. The third-order valence-electron chi connectivity index (χ3n) is 4.40. The van der Waals surface area contributed by atoms with Gasteiger partial charge in [-0.15, -0.1) is 0 Å². The molecule has 1 aromatic rings. The average molecular weight is 293 g/mol. The second-order valence-electron chi connectivity index (χ2n) is 5.71. The minimum Gasteiger partial charge on any atom is -0.497 e. The van der Waals surface area contributed by atoms with Crippen molar-refractivity contribution in [2.45, 2.75) is 50.8 Å². The Kier molecular flexibility index (Phi) is 5.88. The van der Waals surface area contributed by atoms with Gasteiger partial charge in [0, 0.05) is 30.8 Å². The van der Waals surface area contributed by atoms with Gasteiger partial charge in [0.15, 0.2) is 0 Å². The van der Waals surface area contributed by atoms with Crippen molar-refractivity contribution in [2.24, 2.45) is 0 Å². The molecule has 0 saturated heterocycles. The van der Waals surface area contributed by atoms with E-state index in [4.69, 9.17) is 14.2 Å². The monoisotopic (exact) mass is 293 g/mol. The molecule has 0 aliphatic heterocycles. The normalized spacial score (nSPS) is 23.6. The highest BCUT2D eigenvalue weighted by atomic mass is 16.5. The molecule has 1 unspecified atom stereocenters. The summed E-state index contributed by atoms with van der Waals surface area (Å²) in [7, 11) is 5.18. The van der Waals surface area contributed by atoms with E-state index in [1.165, 1.54) is 18.4 Å². The molecule has 1 aliphatic rings. The summed E-state index contributed by atoms with van der Waals surface area (Å²) in [5.74, 6) is 1.70. The van der Waals surface area contributed by atoms with Gasteiger partial charge in [-0.25, -0.2) is 0 Å². The molecule has 118 valence electrons. The second-order valence-corrected chi connectivity index (χ2v) is 5.71. The van der Waals surface area contributed by atoms with E-state index in [9.17, 15) is 0 Å². The lowest BCUT2D eigenvalue weighted by Crippen LogP contribution is -2.36. The fraction of sp³-hybridized carbons (Fsp3) is 0.647. The summed E-state index contributed by atoms with van der Waals surface area (Å²) < 4.78 is 16.2. The lowest BCUT2D eigenvalue weighted by molar-refractivity contribution is 0.0613. The Balaban J connectivity index is 1.98. The van der Waals surface area contributed by atoms with Crippen LogP contribution in [0.15, 0.2) is 18.2 Å². The van der Waals surface area contributed by atoms with Gasteiger partial charge in [0.05, 0.1) is 20.3 Å². The minimum absolute atomic E-state index is 0.259. The number of hydrogen-bond acceptors (Lipinski definition) is 4. The van der Waals surface area contributed by atoms with E-state index >= 15 is 0 Å². The summed E-state index contributed by atoms with van der Waals surface area (Å²) in [6, 6.07) is 6.82. The Morgan fingerprint density at radius 1 is 1.05 bits per heavy atom. The summed E-state index contributed by atoms with van der Waals surface area (Å²) in [5, 5.41) is 3.72. The van der Waals surface area contributed by atoms with Gasteiger partial charge in [0.2, 0.25) is 0 Å². The zero-order valence-corrected chi connectivity index (χ0v) is 13.5. The third kappa shape index (κ3) is 4.11. The van der Waals surface area contributed by atoms with Gasteiger partial charge in [0.1, 0.15) is 11.5 Å². The smallest absolute Gasteiger partial charge is 0.127 e. The van der Waals surface area contributed by atoms with Crippen LogP contribution in [0.5, 0.6) is 11.5 Å². The highest BCUT2D eigenvalue weighted by Crippen LogP contribution is 2.31. The Morgan fingerprint density at radius 2 is 1.76 bits per heavy atom. The van der Waals surface area contributed by atoms with Crippen LogP contribution in [0.25, 0.3) is 0 Å². The van der Waals surface area contributed by atoms with Crippen LogP contribution in [0, 0.1) is 0 Å². The number of nitrogens with one attached hydrogen (secondary N) is 1. The molecule has 1 aromatic carbocycles. The standard InChI is InChI=1S/C17H27NO3/c1-12(18-13-5-7-14(19-2)8-6-13)16-10-9-15(20-3)11-17(16)21-4/h9-14,18H,5-8H2,1-4H3. The molecule has 4 nitrogen and oxygen atoms in total. The number of benzene rings is 1. The van der Waals surface area contributed by atoms with Gasteiger partial charge in [-0.2, -0.15) is 0 Å². The van der Waals surface area contributed by atoms with Crippen LogP contribution in [0.4, 0.5) is 0 Å². The molecule has 0 heterocycles. The molecule has 1 aliphatic carbocycles. The van der Waals surface area contributed by atoms with Gasteiger partial charge in [0.25, 0.3) is 0 Å². The SMILES string of the molecule is COc1ccc(C(C)NC2CCC(OC)CC2)c(OC)c1. The Bertz CT molecular complexity index is 442. The van der Waals surface area contributed by atoms with E-state index in [1.54, 1.807) is 14.2 Å². The van der Waals surface area contributed by atoms with Crippen LogP contribution < -0.4 is 14.8 Å². The summed E-state index contributed by atoms with van der Waals surface area (Å²) >= 11 is 0. The lowest BCUT2D eigenvalue weighted by Gasteiger charge is -2.31. The van der Waals surface area contributed by atoms with Crippen molar-refractivity contribution >= 4 is 0 Å². The highest BCUT2D eigenvalue weighted by molar-refractivity contribution is 5.42. The van der Waals surface area contributed by atoms with Crippen molar-refractivity contribution in [3.05, 3.63) is 23.8 Å². The average Bonchev–Trinajstić information content (AvgIpc) is 2.54. The van der Waals surface area contributed by atoms with Gasteiger partial charge in [-0.1, -0.05) is 6.07 Å². The molecule has 1 atom stereocenters. The lowest BCUT2D eigenvalue weighted by atomic mass is 9.92. The Morgan fingerprint density at radius 3 is 2.33 bits per heavy atom. The van der Waals surface area contributed by atoms with Gasteiger partial charge >= 0.3 is 0 Å². The molecular weight excluding hydrogens is 266 g/mol. The molecule has 2 rings (SSSR count). The van der Waals surface area contributed by atoms with E-state index in [1.807, 2.05) is 19.2 Å². The van der Waals surface area contributed by atoms with E-state index in [0.717, 1.165) is 24.3 Å². The van der Waals surface area contributed by atoms with Crippen LogP contribution >= 0.6 is 0 Å². The van der Waals surface area contributed by atoms with E-state index < -0.39 is 0 Å². The molecule has 0 aromatic heterocycles. The molecule has 0 amide bonds. The van der Waals surface area contributed by atoms with Crippen LogP contribution in [-0.2, 0) is 4.74 Å². The molecule has 0 radical (unpaired) electrons. The van der Waals surface area contributed by atoms with Crippen molar-refractivity contribution in [1.29, 1.82) is 0 Å². The Hall–Kier alpha value is -1.26. The highest BCUT2D eigenvalue weighted by Gasteiger charge is 2.23. The molecule has 1 fully saturated rings. The van der Waals surface area contributed by atoms with Crippen LogP contribution in [-0.4, -0.2) is 33.5 Å². The molecular formula is C17H27NO3. The first-order valence-corrected chi connectivity index (χ1v) is 7.68. The quantitative estimate of drug-likeness (QED) is 0.873. The molecule has 1 N–H and O–H groups in total. The number of ether oxygens (including phenoxy) is 3. The summed E-state index contributed by atoms with van der Waals surface area (Å²) in [6.45, 7) is 2.19. The molecule has 0 spiro atoms. The van der Waals surface area contributed by atoms with Gasteiger partial charge < -0.3 is 19.5 Å². The molecule has 1 saturated carbocycles. The zero-order chi connectivity index (χ0) is 15.2. The summed E-state index contributed by atoms with van der Waals surface area (Å²) in [4.78, 5) is 0. The van der Waals surface area contributed by atoms with Crippen molar-refractivity contribution < 1.29 is 14.2 Å². The van der Waals surface area contributed by atoms with Crippen molar-refractivity contribution in [1.82, 2.24) is 5.32 Å². The zero-order valence-electron chi connectivity index (χ0n) is 13.5. The van der Waals surface area contributed by atoms with Crippen molar-refractivity contribution in [3.63, 3.8) is 0 Å². The fourth-order valence-corrected chi connectivity index (χ4v) is 3.08. The number of hydrogen-bond donors (Lipinski definition) is 1. The summed E-state index contributed by atoms with van der Waals surface area (Å²) in [5.41, 5.74) is 1.17. The number of methoxy groups -OCH3 is 3. The Labute approximate surface area is 127 Å². The molecule has 21 heavy (non-hydrogen) atoms. The van der Waals surface area contributed by atoms with Gasteiger partial charge in [-0.3, -0.25) is 0 Å². The maximum atomic E-state index is 5.49. The molecule has 4 heteroatoms. The number of rotatable bonds is 6. The first-order chi connectivity index (χ1) is 10.2. The maximum Gasteiger partial charge on any atom is 0.127 e.